The molecule has 0 aromatic rings. The molecule has 2 heteroatoms. The van der Waals surface area contributed by atoms with Crippen molar-refractivity contribution in [2.24, 2.45) is 5.92 Å². The van der Waals surface area contributed by atoms with Crippen LogP contribution in [0, 0.1) is 5.92 Å². The molecule has 74 valence electrons. The van der Waals surface area contributed by atoms with E-state index in [1.165, 1.54) is 19.4 Å². The molecule has 12 heavy (non-hydrogen) atoms. The SMILES string of the molecule is CC(C)[C@@H]1CCCN(C(C)C)N1.[HH]. The molecule has 2 nitrogen and oxygen atoms in total. The second kappa shape index (κ2) is 4.24. The van der Waals surface area contributed by atoms with Crippen LogP contribution in [0.5, 0.6) is 0 Å². The lowest BCUT2D eigenvalue weighted by Crippen LogP contribution is -2.54. The normalized spacial score (nSPS) is 27.0. The molecule has 1 aliphatic heterocycles. The van der Waals surface area contributed by atoms with Gasteiger partial charge in [-0.25, -0.2) is 5.01 Å². The van der Waals surface area contributed by atoms with Crippen LogP contribution in [0.2, 0.25) is 0 Å². The molecular formula is C10H24N2. The summed E-state index contributed by atoms with van der Waals surface area (Å²) < 4.78 is 0. The van der Waals surface area contributed by atoms with Gasteiger partial charge in [0.2, 0.25) is 0 Å². The summed E-state index contributed by atoms with van der Waals surface area (Å²) in [4.78, 5) is 0. The van der Waals surface area contributed by atoms with E-state index >= 15 is 0 Å². The van der Waals surface area contributed by atoms with E-state index in [1.807, 2.05) is 0 Å². The second-order valence-corrected chi connectivity index (χ2v) is 4.41. The van der Waals surface area contributed by atoms with Crippen molar-refractivity contribution in [1.82, 2.24) is 10.4 Å². The lowest BCUT2D eigenvalue weighted by Gasteiger charge is -2.38. The van der Waals surface area contributed by atoms with Gasteiger partial charge in [0.05, 0.1) is 0 Å². The maximum Gasteiger partial charge on any atom is 0.0238 e. The van der Waals surface area contributed by atoms with Gasteiger partial charge in [-0.2, -0.15) is 0 Å². The minimum absolute atomic E-state index is 0. The van der Waals surface area contributed by atoms with Gasteiger partial charge in [-0.1, -0.05) is 13.8 Å². The van der Waals surface area contributed by atoms with Gasteiger partial charge in [0, 0.05) is 20.1 Å². The Hall–Kier alpha value is -0.0800. The quantitative estimate of drug-likeness (QED) is 0.687. The number of rotatable bonds is 2. The third-order valence-electron chi connectivity index (χ3n) is 2.67. The molecule has 0 aliphatic carbocycles. The molecule has 1 aliphatic rings. The van der Waals surface area contributed by atoms with Crippen molar-refractivity contribution in [2.75, 3.05) is 6.54 Å². The van der Waals surface area contributed by atoms with E-state index < -0.39 is 0 Å². The third-order valence-corrected chi connectivity index (χ3v) is 2.67. The van der Waals surface area contributed by atoms with E-state index in [4.69, 9.17) is 0 Å². The Balaban J connectivity index is 0.00000144. The summed E-state index contributed by atoms with van der Waals surface area (Å²) in [6.45, 7) is 10.3. The van der Waals surface area contributed by atoms with Crippen LogP contribution in [0.3, 0.4) is 0 Å². The van der Waals surface area contributed by atoms with Gasteiger partial charge in [0.25, 0.3) is 0 Å². The molecule has 0 radical (unpaired) electrons. The summed E-state index contributed by atoms with van der Waals surface area (Å²) >= 11 is 0. The summed E-state index contributed by atoms with van der Waals surface area (Å²) in [5.74, 6) is 0.756. The van der Waals surface area contributed by atoms with E-state index in [2.05, 4.69) is 38.1 Å². The van der Waals surface area contributed by atoms with Crippen molar-refractivity contribution < 1.29 is 1.43 Å². The Morgan fingerprint density at radius 3 is 2.50 bits per heavy atom. The largest absolute Gasteiger partial charge is 0.252 e. The molecule has 0 aromatic carbocycles. The monoisotopic (exact) mass is 172 g/mol. The van der Waals surface area contributed by atoms with E-state index in [-0.39, 0.29) is 1.43 Å². The first-order valence-electron chi connectivity index (χ1n) is 5.14. The molecule has 0 unspecified atom stereocenters. The molecule has 1 rings (SSSR count). The highest BCUT2D eigenvalue weighted by atomic mass is 15.5. The zero-order chi connectivity index (χ0) is 9.14. The first kappa shape index (κ1) is 10.0. The predicted molar refractivity (Wildman–Crippen MR) is 55.0 cm³/mol. The van der Waals surface area contributed by atoms with E-state index in [0.717, 1.165) is 5.92 Å². The van der Waals surface area contributed by atoms with Gasteiger partial charge in [0.15, 0.2) is 0 Å². The van der Waals surface area contributed by atoms with E-state index in [1.54, 1.807) is 0 Å². The van der Waals surface area contributed by atoms with Crippen molar-refractivity contribution in [3.8, 4) is 0 Å². The van der Waals surface area contributed by atoms with Gasteiger partial charge < -0.3 is 0 Å². The first-order valence-corrected chi connectivity index (χ1v) is 5.14. The number of hydrogen-bond donors (Lipinski definition) is 1. The number of nitrogens with zero attached hydrogens (tertiary/aromatic N) is 1. The molecule has 1 atom stereocenters. The Morgan fingerprint density at radius 1 is 1.33 bits per heavy atom. The molecule has 0 saturated carbocycles. The minimum atomic E-state index is 0. The average molecular weight is 172 g/mol. The Morgan fingerprint density at radius 2 is 2.00 bits per heavy atom. The summed E-state index contributed by atoms with van der Waals surface area (Å²) in [6, 6.07) is 1.33. The smallest absolute Gasteiger partial charge is 0.0238 e. The fourth-order valence-electron chi connectivity index (χ4n) is 1.71. The lowest BCUT2D eigenvalue weighted by atomic mass is 9.98. The number of hydrogen-bond acceptors (Lipinski definition) is 2. The summed E-state index contributed by atoms with van der Waals surface area (Å²) in [5.41, 5.74) is 3.59. The zero-order valence-corrected chi connectivity index (χ0v) is 8.80. The van der Waals surface area contributed by atoms with Crippen molar-refractivity contribution >= 4 is 0 Å². The predicted octanol–water partition coefficient (Wildman–Crippen LogP) is 2.27. The van der Waals surface area contributed by atoms with Crippen molar-refractivity contribution in [2.45, 2.75) is 52.6 Å². The van der Waals surface area contributed by atoms with E-state index in [9.17, 15) is 0 Å². The standard InChI is InChI=1S/C10H22N2.H2/c1-8(2)10-6-5-7-12(11-10)9(3)4;/h8-11H,5-7H2,1-4H3;1H/t10-;/m0./s1. The average Bonchev–Trinajstić information content (AvgIpc) is 2.04. The third kappa shape index (κ3) is 2.46. The van der Waals surface area contributed by atoms with Crippen LogP contribution in [-0.2, 0) is 0 Å². The Kier molecular flexibility index (Phi) is 3.53. The van der Waals surface area contributed by atoms with Gasteiger partial charge in [-0.05, 0) is 32.6 Å². The fraction of sp³-hybridized carbons (Fsp3) is 1.00. The van der Waals surface area contributed by atoms with Crippen molar-refractivity contribution in [3.05, 3.63) is 0 Å². The van der Waals surface area contributed by atoms with Crippen LogP contribution < -0.4 is 5.43 Å². The maximum atomic E-state index is 3.59. The summed E-state index contributed by atoms with van der Waals surface area (Å²) in [5, 5.41) is 2.37. The molecule has 1 N–H and O–H groups in total. The molecule has 1 heterocycles. The van der Waals surface area contributed by atoms with E-state index in [0.29, 0.717) is 12.1 Å². The minimum Gasteiger partial charge on any atom is -0.252 e. The molecule has 0 spiro atoms. The Bertz CT molecular complexity index is 123. The first-order chi connectivity index (χ1) is 5.61. The Labute approximate surface area is 77.8 Å². The number of hydrazine groups is 1. The van der Waals surface area contributed by atoms with Crippen molar-refractivity contribution in [1.29, 1.82) is 0 Å². The lowest BCUT2D eigenvalue weighted by molar-refractivity contribution is 0.0634. The van der Waals surface area contributed by atoms with Crippen LogP contribution in [-0.4, -0.2) is 23.6 Å². The van der Waals surface area contributed by atoms with Gasteiger partial charge >= 0.3 is 0 Å². The van der Waals surface area contributed by atoms with Crippen LogP contribution >= 0.6 is 0 Å². The highest BCUT2D eigenvalue weighted by Gasteiger charge is 2.22. The summed E-state index contributed by atoms with van der Waals surface area (Å²) in [6.07, 6.45) is 2.68. The van der Waals surface area contributed by atoms with Crippen LogP contribution in [0.25, 0.3) is 0 Å². The fourth-order valence-corrected chi connectivity index (χ4v) is 1.71. The van der Waals surface area contributed by atoms with Crippen LogP contribution in [0.15, 0.2) is 0 Å². The van der Waals surface area contributed by atoms with Crippen LogP contribution in [0.4, 0.5) is 0 Å². The molecule has 0 amide bonds. The highest BCUT2D eigenvalue weighted by molar-refractivity contribution is 4.76. The van der Waals surface area contributed by atoms with Gasteiger partial charge in [-0.3, -0.25) is 5.43 Å². The molecule has 0 bridgehead atoms. The van der Waals surface area contributed by atoms with Gasteiger partial charge in [-0.15, -0.1) is 0 Å². The second-order valence-electron chi connectivity index (χ2n) is 4.41. The zero-order valence-electron chi connectivity index (χ0n) is 8.80. The molecular weight excluding hydrogens is 148 g/mol. The molecule has 1 fully saturated rings. The van der Waals surface area contributed by atoms with Crippen LogP contribution in [0.1, 0.15) is 42.0 Å². The maximum absolute atomic E-state index is 3.59. The van der Waals surface area contributed by atoms with Gasteiger partial charge in [0.1, 0.15) is 0 Å². The number of nitrogens with one attached hydrogen (secondary N) is 1. The summed E-state index contributed by atoms with van der Waals surface area (Å²) in [7, 11) is 0. The highest BCUT2D eigenvalue weighted by Crippen LogP contribution is 2.15. The molecule has 0 aromatic heterocycles. The molecule has 1 saturated heterocycles. The van der Waals surface area contributed by atoms with Crippen molar-refractivity contribution in [3.63, 3.8) is 0 Å². The topological polar surface area (TPSA) is 15.3 Å².